The predicted octanol–water partition coefficient (Wildman–Crippen LogP) is 2.53. The molecule has 1 saturated carbocycles. The maximum Gasteiger partial charge on any atom is 0.0951 e. The highest BCUT2D eigenvalue weighted by Crippen LogP contribution is 2.37. The number of nitrogens with two attached hydrogens (primary N) is 1. The van der Waals surface area contributed by atoms with Crippen LogP contribution >= 0.6 is 11.8 Å². The van der Waals surface area contributed by atoms with E-state index in [1.54, 1.807) is 0 Å². The van der Waals surface area contributed by atoms with Crippen LogP contribution in [-0.4, -0.2) is 21.1 Å². The van der Waals surface area contributed by atoms with Crippen LogP contribution in [0, 0.1) is 0 Å². The van der Waals surface area contributed by atoms with Crippen LogP contribution in [0.3, 0.4) is 0 Å². The van der Waals surface area contributed by atoms with Gasteiger partial charge < -0.3 is 10.3 Å². The predicted molar refractivity (Wildman–Crippen MR) is 69.6 cm³/mol. The molecule has 0 bridgehead atoms. The average molecular weight is 239 g/mol. The fraction of sp³-hybridized carbons (Fsp3) is 0.750. The van der Waals surface area contributed by atoms with E-state index in [9.17, 15) is 0 Å². The van der Waals surface area contributed by atoms with Crippen LogP contribution in [-0.2, 0) is 5.54 Å². The minimum atomic E-state index is -0.298. The van der Waals surface area contributed by atoms with Crippen molar-refractivity contribution in [2.45, 2.75) is 49.9 Å². The Labute approximate surface area is 102 Å². The molecule has 90 valence electrons. The van der Waals surface area contributed by atoms with Crippen molar-refractivity contribution in [3.63, 3.8) is 0 Å². The quantitative estimate of drug-likeness (QED) is 0.881. The fourth-order valence-corrected chi connectivity index (χ4v) is 3.27. The lowest BCUT2D eigenvalue weighted by molar-refractivity contribution is 0.436. The number of nitrogens with zero attached hydrogens (tertiary/aromatic N) is 2. The molecule has 0 saturated heterocycles. The Kier molecular flexibility index (Phi) is 3.31. The molecule has 1 aromatic heterocycles. The lowest BCUT2D eigenvalue weighted by Crippen LogP contribution is -2.32. The lowest BCUT2D eigenvalue weighted by Gasteiger charge is -2.24. The van der Waals surface area contributed by atoms with Gasteiger partial charge in [-0.25, -0.2) is 4.98 Å². The molecule has 16 heavy (non-hydrogen) atoms. The first-order chi connectivity index (χ1) is 7.52. The molecular formula is C12H21N3S. The highest BCUT2D eigenvalue weighted by Gasteiger charge is 2.29. The molecule has 0 aliphatic heterocycles. The second-order valence-corrected chi connectivity index (χ2v) is 6.37. The van der Waals surface area contributed by atoms with E-state index < -0.39 is 0 Å². The van der Waals surface area contributed by atoms with E-state index in [0.29, 0.717) is 6.04 Å². The summed E-state index contributed by atoms with van der Waals surface area (Å²) in [5, 5.41) is 0.807. The summed E-state index contributed by atoms with van der Waals surface area (Å²) in [6, 6.07) is 0.595. The minimum Gasteiger partial charge on any atom is -0.330 e. The molecule has 2 N–H and O–H groups in total. The van der Waals surface area contributed by atoms with Crippen LogP contribution in [0.2, 0.25) is 0 Å². The van der Waals surface area contributed by atoms with Crippen molar-refractivity contribution in [3.8, 4) is 0 Å². The monoisotopic (exact) mass is 239 g/mol. The third-order valence-corrected chi connectivity index (χ3v) is 4.50. The molecule has 2 unspecified atom stereocenters. The molecule has 1 heterocycles. The smallest absolute Gasteiger partial charge is 0.0951 e. The van der Waals surface area contributed by atoms with Crippen molar-refractivity contribution in [3.05, 3.63) is 18.2 Å². The molecule has 0 spiro atoms. The van der Waals surface area contributed by atoms with Crippen molar-refractivity contribution in [1.82, 2.24) is 9.55 Å². The van der Waals surface area contributed by atoms with Gasteiger partial charge in [0.1, 0.15) is 0 Å². The molecule has 1 fully saturated rings. The summed E-state index contributed by atoms with van der Waals surface area (Å²) in [7, 11) is 0. The Balaban J connectivity index is 2.19. The molecule has 2 atom stereocenters. The Hall–Kier alpha value is -0.480. The minimum absolute atomic E-state index is 0.298. The molecule has 0 amide bonds. The lowest BCUT2D eigenvalue weighted by atomic mass is 10.0. The van der Waals surface area contributed by atoms with Gasteiger partial charge in [-0.3, -0.25) is 0 Å². The molecular weight excluding hydrogens is 218 g/mol. The van der Waals surface area contributed by atoms with Crippen LogP contribution in [0.25, 0.3) is 0 Å². The van der Waals surface area contributed by atoms with Gasteiger partial charge in [0.05, 0.1) is 17.6 Å². The Morgan fingerprint density at radius 1 is 1.50 bits per heavy atom. The van der Waals surface area contributed by atoms with E-state index in [0.717, 1.165) is 10.9 Å². The molecule has 2 rings (SSSR count). The van der Waals surface area contributed by atoms with Crippen LogP contribution in [0.15, 0.2) is 12.5 Å². The van der Waals surface area contributed by atoms with Gasteiger partial charge in [-0.1, -0.05) is 0 Å². The molecule has 1 aromatic rings. The zero-order valence-electron chi connectivity index (χ0n) is 10.3. The second kappa shape index (κ2) is 4.41. The maximum atomic E-state index is 6.17. The van der Waals surface area contributed by atoms with Crippen molar-refractivity contribution in [2.24, 2.45) is 5.73 Å². The zero-order valence-corrected chi connectivity index (χ0v) is 11.1. The average Bonchev–Trinajstić information content (AvgIpc) is 2.84. The van der Waals surface area contributed by atoms with Gasteiger partial charge in [0.2, 0.25) is 0 Å². The fourth-order valence-electron chi connectivity index (χ4n) is 2.48. The summed E-state index contributed by atoms with van der Waals surface area (Å²) in [6.45, 7) is 4.09. The van der Waals surface area contributed by atoms with E-state index >= 15 is 0 Å². The number of rotatable bonds is 3. The van der Waals surface area contributed by atoms with Crippen molar-refractivity contribution >= 4 is 11.8 Å². The summed E-state index contributed by atoms with van der Waals surface area (Å²) in [6.07, 6.45) is 9.87. The van der Waals surface area contributed by atoms with Crippen LogP contribution in [0.1, 0.15) is 44.8 Å². The molecule has 1 aliphatic carbocycles. The maximum absolute atomic E-state index is 6.17. The summed E-state index contributed by atoms with van der Waals surface area (Å²) < 4.78 is 2.29. The molecule has 0 aromatic carbocycles. The standard InChI is InChI=1S/C12H21N3S/c1-12(2,13)11-7-14-8-15(11)9-4-5-10(6-9)16-3/h7-10H,4-6,13H2,1-3H3. The summed E-state index contributed by atoms with van der Waals surface area (Å²) in [5.41, 5.74) is 7.03. The number of imidazole rings is 1. The zero-order chi connectivity index (χ0) is 11.8. The second-order valence-electron chi connectivity index (χ2n) is 5.23. The Morgan fingerprint density at radius 2 is 2.25 bits per heavy atom. The number of aromatic nitrogens is 2. The first-order valence-electron chi connectivity index (χ1n) is 5.86. The molecule has 0 radical (unpaired) electrons. The summed E-state index contributed by atoms with van der Waals surface area (Å²) >= 11 is 1.98. The van der Waals surface area contributed by atoms with Crippen LogP contribution < -0.4 is 5.73 Å². The first kappa shape index (κ1) is 12.0. The van der Waals surface area contributed by atoms with E-state index in [2.05, 4.69) is 15.8 Å². The number of hydrogen-bond donors (Lipinski definition) is 1. The van der Waals surface area contributed by atoms with E-state index in [1.807, 2.05) is 38.1 Å². The van der Waals surface area contributed by atoms with Gasteiger partial charge in [0, 0.05) is 17.5 Å². The SMILES string of the molecule is CSC1CCC(n2cncc2C(C)(C)N)C1. The van der Waals surface area contributed by atoms with Gasteiger partial charge in [-0.05, 0) is 39.4 Å². The highest BCUT2D eigenvalue weighted by molar-refractivity contribution is 7.99. The van der Waals surface area contributed by atoms with Crippen molar-refractivity contribution in [1.29, 1.82) is 0 Å². The van der Waals surface area contributed by atoms with E-state index in [4.69, 9.17) is 5.73 Å². The molecule has 4 heteroatoms. The number of hydrogen-bond acceptors (Lipinski definition) is 3. The Bertz CT molecular complexity index is 353. The van der Waals surface area contributed by atoms with Gasteiger partial charge in [0.25, 0.3) is 0 Å². The van der Waals surface area contributed by atoms with Crippen LogP contribution in [0.4, 0.5) is 0 Å². The summed E-state index contributed by atoms with van der Waals surface area (Å²) in [5.74, 6) is 0. The van der Waals surface area contributed by atoms with Gasteiger partial charge in [-0.15, -0.1) is 0 Å². The topological polar surface area (TPSA) is 43.8 Å². The highest BCUT2D eigenvalue weighted by atomic mass is 32.2. The van der Waals surface area contributed by atoms with Gasteiger partial charge in [-0.2, -0.15) is 11.8 Å². The molecule has 1 aliphatic rings. The van der Waals surface area contributed by atoms with E-state index in [1.165, 1.54) is 19.3 Å². The third kappa shape index (κ3) is 2.28. The Morgan fingerprint density at radius 3 is 2.81 bits per heavy atom. The molecule has 3 nitrogen and oxygen atoms in total. The van der Waals surface area contributed by atoms with Gasteiger partial charge in [0.15, 0.2) is 0 Å². The van der Waals surface area contributed by atoms with Crippen LogP contribution in [0.5, 0.6) is 0 Å². The summed E-state index contributed by atoms with van der Waals surface area (Å²) in [4.78, 5) is 4.26. The third-order valence-electron chi connectivity index (χ3n) is 3.41. The normalized spacial score (nSPS) is 26.2. The largest absolute Gasteiger partial charge is 0.330 e. The van der Waals surface area contributed by atoms with Crippen molar-refractivity contribution < 1.29 is 0 Å². The van der Waals surface area contributed by atoms with E-state index in [-0.39, 0.29) is 5.54 Å². The van der Waals surface area contributed by atoms with Crippen molar-refractivity contribution in [2.75, 3.05) is 6.26 Å². The number of thioether (sulfide) groups is 1. The first-order valence-corrected chi connectivity index (χ1v) is 7.15. The van der Waals surface area contributed by atoms with Gasteiger partial charge >= 0.3 is 0 Å².